The highest BCUT2D eigenvalue weighted by atomic mass is 16.7. The first-order valence-electron chi connectivity index (χ1n) is 4.96. The number of ether oxygens (including phenoxy) is 3. The third-order valence-electron chi connectivity index (χ3n) is 2.10. The van der Waals surface area contributed by atoms with Crippen molar-refractivity contribution in [1.29, 1.82) is 0 Å². The molecular formula is C10H18O4. The quantitative estimate of drug-likeness (QED) is 0.650. The molecule has 0 N–H and O–H groups in total. The Morgan fingerprint density at radius 1 is 1.43 bits per heavy atom. The normalized spacial score (nSPS) is 30.3. The highest BCUT2D eigenvalue weighted by molar-refractivity contribution is 5.70. The molecular weight excluding hydrogens is 184 g/mol. The lowest BCUT2D eigenvalue weighted by Gasteiger charge is -2.16. The summed E-state index contributed by atoms with van der Waals surface area (Å²) < 4.78 is 15.9. The maximum absolute atomic E-state index is 11.2. The van der Waals surface area contributed by atoms with Crippen LogP contribution < -0.4 is 0 Å². The van der Waals surface area contributed by atoms with Crippen LogP contribution in [-0.2, 0) is 19.0 Å². The van der Waals surface area contributed by atoms with E-state index in [1.165, 1.54) is 0 Å². The second-order valence-electron chi connectivity index (χ2n) is 3.89. The molecule has 2 atom stereocenters. The zero-order chi connectivity index (χ0) is 10.8. The lowest BCUT2D eigenvalue weighted by atomic mass is 10.2. The maximum atomic E-state index is 11.2. The fourth-order valence-corrected chi connectivity index (χ4v) is 1.60. The van der Waals surface area contributed by atoms with Crippen molar-refractivity contribution in [1.82, 2.24) is 0 Å². The first-order chi connectivity index (χ1) is 6.44. The minimum atomic E-state index is -0.587. The number of carbonyl (C=O) groups excluding carboxylic acids is 1. The molecule has 14 heavy (non-hydrogen) atoms. The second kappa shape index (κ2) is 4.28. The standard InChI is InChI=1S/C10H18O4/c1-5-12-9(11)6-8-7(2)13-10(3,4)14-8/h7-8H,5-6H2,1-4H3/t7-,8-/m0/s1. The first-order valence-corrected chi connectivity index (χ1v) is 4.96. The molecule has 4 nitrogen and oxygen atoms in total. The molecule has 1 rings (SSSR count). The smallest absolute Gasteiger partial charge is 0.308 e. The molecule has 82 valence electrons. The molecule has 0 radical (unpaired) electrons. The van der Waals surface area contributed by atoms with Crippen molar-refractivity contribution >= 4 is 5.97 Å². The van der Waals surface area contributed by atoms with E-state index in [0.717, 1.165) is 0 Å². The van der Waals surface area contributed by atoms with Gasteiger partial charge >= 0.3 is 5.97 Å². The summed E-state index contributed by atoms with van der Waals surface area (Å²) in [6.45, 7) is 7.78. The Kier molecular flexibility index (Phi) is 3.50. The van der Waals surface area contributed by atoms with E-state index in [4.69, 9.17) is 14.2 Å². The summed E-state index contributed by atoms with van der Waals surface area (Å²) in [5, 5.41) is 0. The summed E-state index contributed by atoms with van der Waals surface area (Å²) >= 11 is 0. The third-order valence-corrected chi connectivity index (χ3v) is 2.10. The van der Waals surface area contributed by atoms with E-state index in [1.54, 1.807) is 6.92 Å². The van der Waals surface area contributed by atoms with Gasteiger partial charge in [-0.1, -0.05) is 0 Å². The van der Waals surface area contributed by atoms with E-state index in [1.807, 2.05) is 20.8 Å². The lowest BCUT2D eigenvalue weighted by Crippen LogP contribution is -2.24. The van der Waals surface area contributed by atoms with Crippen molar-refractivity contribution < 1.29 is 19.0 Å². The Morgan fingerprint density at radius 2 is 2.07 bits per heavy atom. The van der Waals surface area contributed by atoms with Crippen molar-refractivity contribution in [2.24, 2.45) is 0 Å². The zero-order valence-electron chi connectivity index (χ0n) is 9.20. The summed E-state index contributed by atoms with van der Waals surface area (Å²) in [7, 11) is 0. The van der Waals surface area contributed by atoms with Crippen LogP contribution in [0.4, 0.5) is 0 Å². The van der Waals surface area contributed by atoms with E-state index >= 15 is 0 Å². The molecule has 0 aromatic heterocycles. The third kappa shape index (κ3) is 2.96. The van der Waals surface area contributed by atoms with E-state index < -0.39 is 5.79 Å². The van der Waals surface area contributed by atoms with Gasteiger partial charge in [0.05, 0.1) is 25.2 Å². The van der Waals surface area contributed by atoms with Crippen LogP contribution >= 0.6 is 0 Å². The highest BCUT2D eigenvalue weighted by Crippen LogP contribution is 2.29. The molecule has 0 aliphatic carbocycles. The van der Waals surface area contributed by atoms with Crippen molar-refractivity contribution in [3.8, 4) is 0 Å². The van der Waals surface area contributed by atoms with Crippen LogP contribution in [0.2, 0.25) is 0 Å². The highest BCUT2D eigenvalue weighted by Gasteiger charge is 2.39. The predicted molar refractivity (Wildman–Crippen MR) is 50.7 cm³/mol. The topological polar surface area (TPSA) is 44.8 Å². The fraction of sp³-hybridized carbons (Fsp3) is 0.900. The van der Waals surface area contributed by atoms with Gasteiger partial charge in [-0.05, 0) is 27.7 Å². The SMILES string of the molecule is CCOC(=O)C[C@@H]1OC(C)(C)O[C@H]1C. The van der Waals surface area contributed by atoms with E-state index in [0.29, 0.717) is 6.61 Å². The van der Waals surface area contributed by atoms with E-state index in [2.05, 4.69) is 0 Å². The number of carbonyl (C=O) groups is 1. The molecule has 0 aromatic carbocycles. The fourth-order valence-electron chi connectivity index (χ4n) is 1.60. The Morgan fingerprint density at radius 3 is 2.50 bits per heavy atom. The molecule has 1 fully saturated rings. The van der Waals surface area contributed by atoms with Gasteiger partial charge in [-0.3, -0.25) is 4.79 Å². The summed E-state index contributed by atoms with van der Waals surface area (Å²) in [6, 6.07) is 0. The Bertz CT molecular complexity index is 212. The van der Waals surface area contributed by atoms with Crippen molar-refractivity contribution in [2.75, 3.05) is 6.61 Å². The second-order valence-corrected chi connectivity index (χ2v) is 3.89. The molecule has 0 aromatic rings. The molecule has 1 saturated heterocycles. The molecule has 0 unspecified atom stereocenters. The number of rotatable bonds is 3. The molecule has 0 saturated carbocycles. The van der Waals surface area contributed by atoms with Crippen LogP contribution in [0, 0.1) is 0 Å². The zero-order valence-corrected chi connectivity index (χ0v) is 9.20. The average molecular weight is 202 g/mol. The van der Waals surface area contributed by atoms with E-state index in [-0.39, 0.29) is 24.6 Å². The molecule has 1 aliphatic rings. The Hall–Kier alpha value is -0.610. The molecule has 0 amide bonds. The van der Waals surface area contributed by atoms with Gasteiger partial charge in [0.2, 0.25) is 0 Å². The van der Waals surface area contributed by atoms with Crippen molar-refractivity contribution in [2.45, 2.75) is 52.1 Å². The first kappa shape index (κ1) is 11.5. The van der Waals surface area contributed by atoms with Crippen LogP contribution in [0.25, 0.3) is 0 Å². The Labute approximate surface area is 84.5 Å². The van der Waals surface area contributed by atoms with Gasteiger partial charge in [-0.2, -0.15) is 0 Å². The summed E-state index contributed by atoms with van der Waals surface area (Å²) in [5.41, 5.74) is 0. The summed E-state index contributed by atoms with van der Waals surface area (Å²) in [6.07, 6.45) is 0.0109. The van der Waals surface area contributed by atoms with Crippen LogP contribution in [0.5, 0.6) is 0 Å². The molecule has 1 heterocycles. The summed E-state index contributed by atoms with van der Waals surface area (Å²) in [4.78, 5) is 11.2. The van der Waals surface area contributed by atoms with Gasteiger partial charge in [-0.15, -0.1) is 0 Å². The van der Waals surface area contributed by atoms with Crippen molar-refractivity contribution in [3.05, 3.63) is 0 Å². The largest absolute Gasteiger partial charge is 0.466 e. The van der Waals surface area contributed by atoms with Gasteiger partial charge in [0, 0.05) is 0 Å². The van der Waals surface area contributed by atoms with Crippen molar-refractivity contribution in [3.63, 3.8) is 0 Å². The summed E-state index contributed by atoms with van der Waals surface area (Å²) in [5.74, 6) is -0.818. The van der Waals surface area contributed by atoms with Gasteiger partial charge in [0.15, 0.2) is 5.79 Å². The molecule has 4 heteroatoms. The predicted octanol–water partition coefficient (Wildman–Crippen LogP) is 1.48. The monoisotopic (exact) mass is 202 g/mol. The Balaban J connectivity index is 2.42. The van der Waals surface area contributed by atoms with Gasteiger partial charge in [0.25, 0.3) is 0 Å². The van der Waals surface area contributed by atoms with Crippen LogP contribution in [0.15, 0.2) is 0 Å². The van der Waals surface area contributed by atoms with Gasteiger partial charge in [0.1, 0.15) is 0 Å². The molecule has 0 bridgehead atoms. The number of hydrogen-bond acceptors (Lipinski definition) is 4. The number of esters is 1. The van der Waals surface area contributed by atoms with Crippen LogP contribution in [0.3, 0.4) is 0 Å². The van der Waals surface area contributed by atoms with E-state index in [9.17, 15) is 4.79 Å². The average Bonchev–Trinajstić information content (AvgIpc) is 2.25. The minimum Gasteiger partial charge on any atom is -0.466 e. The maximum Gasteiger partial charge on any atom is 0.308 e. The van der Waals surface area contributed by atoms with Crippen LogP contribution in [0.1, 0.15) is 34.1 Å². The molecule has 1 aliphatic heterocycles. The molecule has 0 spiro atoms. The minimum absolute atomic E-state index is 0.0607. The van der Waals surface area contributed by atoms with Gasteiger partial charge < -0.3 is 14.2 Å². The lowest BCUT2D eigenvalue weighted by molar-refractivity contribution is -0.155. The number of hydrogen-bond donors (Lipinski definition) is 0. The van der Waals surface area contributed by atoms with Gasteiger partial charge in [-0.25, -0.2) is 0 Å². The van der Waals surface area contributed by atoms with Crippen LogP contribution in [-0.4, -0.2) is 30.6 Å².